The number of hydrogen-bond donors (Lipinski definition) is 1. The van der Waals surface area contributed by atoms with Crippen molar-refractivity contribution in [2.75, 3.05) is 5.32 Å². The zero-order valence-electron chi connectivity index (χ0n) is 13.5. The van der Waals surface area contributed by atoms with E-state index in [9.17, 15) is 0 Å². The van der Waals surface area contributed by atoms with Gasteiger partial charge in [0, 0.05) is 29.8 Å². The van der Waals surface area contributed by atoms with Crippen molar-refractivity contribution < 1.29 is 0 Å². The Bertz CT molecular complexity index is 956. The van der Waals surface area contributed by atoms with Gasteiger partial charge in [-0.2, -0.15) is 0 Å². The molecule has 4 aromatic rings. The van der Waals surface area contributed by atoms with Gasteiger partial charge in [-0.25, -0.2) is 4.98 Å². The summed E-state index contributed by atoms with van der Waals surface area (Å²) in [5, 5.41) is 3.39. The van der Waals surface area contributed by atoms with E-state index in [0.29, 0.717) is 6.54 Å². The summed E-state index contributed by atoms with van der Waals surface area (Å²) >= 11 is 0. The van der Waals surface area contributed by atoms with Gasteiger partial charge in [0.2, 0.25) is 0 Å². The van der Waals surface area contributed by atoms with Crippen LogP contribution in [-0.4, -0.2) is 14.4 Å². The van der Waals surface area contributed by atoms with Crippen molar-refractivity contribution in [3.63, 3.8) is 0 Å². The highest BCUT2D eigenvalue weighted by Gasteiger charge is 2.04. The molecule has 1 N–H and O–H groups in total. The van der Waals surface area contributed by atoms with E-state index in [2.05, 4.69) is 64.2 Å². The maximum absolute atomic E-state index is 4.70. The molecule has 3 aromatic heterocycles. The van der Waals surface area contributed by atoms with Crippen LogP contribution in [0.25, 0.3) is 16.9 Å². The third-order valence-corrected chi connectivity index (χ3v) is 4.00. The van der Waals surface area contributed by atoms with Crippen molar-refractivity contribution in [3.05, 3.63) is 84.4 Å². The first-order valence-electron chi connectivity index (χ1n) is 7.97. The van der Waals surface area contributed by atoms with Crippen LogP contribution in [0.1, 0.15) is 11.3 Å². The summed E-state index contributed by atoms with van der Waals surface area (Å²) in [7, 11) is 0. The third kappa shape index (κ3) is 2.99. The fourth-order valence-corrected chi connectivity index (χ4v) is 2.68. The van der Waals surface area contributed by atoms with Crippen LogP contribution in [0, 0.1) is 6.92 Å². The van der Waals surface area contributed by atoms with Crippen LogP contribution in [-0.2, 0) is 6.54 Å². The second kappa shape index (κ2) is 6.16. The van der Waals surface area contributed by atoms with Crippen molar-refractivity contribution in [1.29, 1.82) is 0 Å². The summed E-state index contributed by atoms with van der Waals surface area (Å²) in [6, 6.07) is 18.5. The largest absolute Gasteiger partial charge is 0.379 e. The fraction of sp³-hybridized carbons (Fsp3) is 0.100. The topological polar surface area (TPSA) is 42.2 Å². The summed E-state index contributed by atoms with van der Waals surface area (Å²) in [6.45, 7) is 2.80. The maximum Gasteiger partial charge on any atom is 0.137 e. The van der Waals surface area contributed by atoms with Gasteiger partial charge in [0.15, 0.2) is 0 Å². The molecule has 1 aromatic carbocycles. The first kappa shape index (κ1) is 14.5. The van der Waals surface area contributed by atoms with Crippen LogP contribution < -0.4 is 5.32 Å². The Hall–Kier alpha value is -3.14. The molecule has 0 unspecified atom stereocenters. The number of aryl methyl sites for hydroxylation is 1. The van der Waals surface area contributed by atoms with Crippen molar-refractivity contribution in [2.24, 2.45) is 0 Å². The highest BCUT2D eigenvalue weighted by Crippen LogP contribution is 2.22. The zero-order valence-corrected chi connectivity index (χ0v) is 13.5. The Kier molecular flexibility index (Phi) is 3.71. The maximum atomic E-state index is 4.70. The van der Waals surface area contributed by atoms with Gasteiger partial charge in [0.25, 0.3) is 0 Å². The number of rotatable bonds is 4. The van der Waals surface area contributed by atoms with Crippen LogP contribution in [0.4, 0.5) is 5.69 Å². The first-order chi connectivity index (χ1) is 11.8. The average molecular weight is 314 g/mol. The molecule has 0 aliphatic rings. The van der Waals surface area contributed by atoms with E-state index >= 15 is 0 Å². The lowest BCUT2D eigenvalue weighted by Crippen LogP contribution is -2.00. The van der Waals surface area contributed by atoms with Crippen LogP contribution >= 0.6 is 0 Å². The lowest BCUT2D eigenvalue weighted by molar-refractivity contribution is 1.05. The van der Waals surface area contributed by atoms with Gasteiger partial charge in [0.05, 0.1) is 17.9 Å². The smallest absolute Gasteiger partial charge is 0.137 e. The van der Waals surface area contributed by atoms with Gasteiger partial charge in [-0.05, 0) is 48.9 Å². The van der Waals surface area contributed by atoms with Gasteiger partial charge in [-0.1, -0.05) is 18.2 Å². The van der Waals surface area contributed by atoms with E-state index in [1.54, 1.807) is 0 Å². The van der Waals surface area contributed by atoms with Crippen LogP contribution in [0.15, 0.2) is 73.2 Å². The summed E-state index contributed by atoms with van der Waals surface area (Å²) in [5.41, 5.74) is 6.38. The lowest BCUT2D eigenvalue weighted by atomic mass is 10.1. The van der Waals surface area contributed by atoms with E-state index in [4.69, 9.17) is 4.98 Å². The number of aromatic nitrogens is 3. The molecule has 0 bridgehead atoms. The number of imidazole rings is 1. The van der Waals surface area contributed by atoms with E-state index < -0.39 is 0 Å². The summed E-state index contributed by atoms with van der Waals surface area (Å²) < 4.78 is 2.05. The Balaban J connectivity index is 1.52. The van der Waals surface area contributed by atoms with Gasteiger partial charge in [-0.3, -0.25) is 4.98 Å². The zero-order chi connectivity index (χ0) is 16.4. The van der Waals surface area contributed by atoms with E-state index in [1.165, 1.54) is 5.56 Å². The number of hydrogen-bond acceptors (Lipinski definition) is 3. The average Bonchev–Trinajstić information content (AvgIpc) is 3.04. The second-order valence-electron chi connectivity index (χ2n) is 5.85. The number of fused-ring (bicyclic) bond motifs is 1. The molecule has 0 aliphatic heterocycles. The van der Waals surface area contributed by atoms with Gasteiger partial charge in [0.1, 0.15) is 5.65 Å². The molecule has 118 valence electrons. The highest BCUT2D eigenvalue weighted by molar-refractivity contribution is 5.65. The summed E-state index contributed by atoms with van der Waals surface area (Å²) in [5.74, 6) is 0. The molecular formula is C20H18N4. The molecule has 0 saturated carbocycles. The Morgan fingerprint density at radius 1 is 1.04 bits per heavy atom. The molecule has 0 amide bonds. The molecular weight excluding hydrogens is 296 g/mol. The molecule has 24 heavy (non-hydrogen) atoms. The first-order valence-corrected chi connectivity index (χ1v) is 7.97. The molecule has 3 heterocycles. The fourth-order valence-electron chi connectivity index (χ4n) is 2.68. The molecule has 4 rings (SSSR count). The second-order valence-corrected chi connectivity index (χ2v) is 5.85. The number of pyridine rings is 2. The molecule has 4 heteroatoms. The van der Waals surface area contributed by atoms with Gasteiger partial charge < -0.3 is 9.72 Å². The van der Waals surface area contributed by atoms with Crippen molar-refractivity contribution in [2.45, 2.75) is 13.5 Å². The van der Waals surface area contributed by atoms with E-state index in [-0.39, 0.29) is 0 Å². The summed E-state index contributed by atoms with van der Waals surface area (Å²) in [4.78, 5) is 9.01. The number of benzene rings is 1. The predicted octanol–water partition coefficient (Wildman–Crippen LogP) is 4.32. The molecule has 0 atom stereocenters. The minimum Gasteiger partial charge on any atom is -0.379 e. The third-order valence-electron chi connectivity index (χ3n) is 4.00. The predicted molar refractivity (Wildman–Crippen MR) is 96.9 cm³/mol. The number of nitrogens with one attached hydrogen (secondary N) is 1. The number of nitrogens with zero attached hydrogens (tertiary/aromatic N) is 3. The normalized spacial score (nSPS) is 10.9. The van der Waals surface area contributed by atoms with Gasteiger partial charge >= 0.3 is 0 Å². The Morgan fingerprint density at radius 2 is 1.92 bits per heavy atom. The van der Waals surface area contributed by atoms with E-state index in [1.807, 2.05) is 30.6 Å². The Labute approximate surface area is 140 Å². The Morgan fingerprint density at radius 3 is 2.71 bits per heavy atom. The van der Waals surface area contributed by atoms with Crippen molar-refractivity contribution in [3.8, 4) is 11.3 Å². The SMILES string of the molecule is Cc1ccn2cc(-c3ccc(NCc4ccccn4)cc3)nc2c1. The quantitative estimate of drug-likeness (QED) is 0.610. The number of anilines is 1. The van der Waals surface area contributed by atoms with E-state index in [0.717, 1.165) is 28.3 Å². The van der Waals surface area contributed by atoms with Gasteiger partial charge in [-0.15, -0.1) is 0 Å². The molecule has 0 radical (unpaired) electrons. The molecule has 4 nitrogen and oxygen atoms in total. The minimum atomic E-state index is 0.716. The van der Waals surface area contributed by atoms with Crippen LogP contribution in [0.3, 0.4) is 0 Å². The highest BCUT2D eigenvalue weighted by atomic mass is 15.0. The van der Waals surface area contributed by atoms with Crippen LogP contribution in [0.5, 0.6) is 0 Å². The van der Waals surface area contributed by atoms with Crippen molar-refractivity contribution in [1.82, 2.24) is 14.4 Å². The molecule has 0 aliphatic carbocycles. The van der Waals surface area contributed by atoms with Crippen LogP contribution in [0.2, 0.25) is 0 Å². The minimum absolute atomic E-state index is 0.716. The van der Waals surface area contributed by atoms with Crippen molar-refractivity contribution >= 4 is 11.3 Å². The monoisotopic (exact) mass is 314 g/mol. The molecule has 0 saturated heterocycles. The molecule has 0 fully saturated rings. The lowest BCUT2D eigenvalue weighted by Gasteiger charge is -2.06. The molecule has 0 spiro atoms. The standard InChI is InChI=1S/C20H18N4/c1-15-9-11-24-14-19(23-20(24)12-15)16-5-7-17(8-6-16)22-13-18-4-2-3-10-21-18/h2-12,14,22H,13H2,1H3. The summed E-state index contributed by atoms with van der Waals surface area (Å²) in [6.07, 6.45) is 5.92.